The van der Waals surface area contributed by atoms with E-state index < -0.39 is 5.41 Å². The lowest BCUT2D eigenvalue weighted by molar-refractivity contribution is -0.159. The number of carbonyl (C=O) groups excluding carboxylic acids is 2. The number of rotatable bonds is 5. The molecule has 4 heteroatoms. The van der Waals surface area contributed by atoms with Crippen molar-refractivity contribution in [2.45, 2.75) is 119 Å². The van der Waals surface area contributed by atoms with Gasteiger partial charge in [0.15, 0.2) is 5.78 Å². The lowest BCUT2D eigenvalue weighted by Gasteiger charge is -2.64. The van der Waals surface area contributed by atoms with Gasteiger partial charge in [0.05, 0.1) is 18.6 Å². The van der Waals surface area contributed by atoms with Gasteiger partial charge in [-0.3, -0.25) is 9.59 Å². The van der Waals surface area contributed by atoms with Crippen molar-refractivity contribution in [2.75, 3.05) is 14.2 Å². The van der Waals surface area contributed by atoms with Crippen molar-refractivity contribution >= 4 is 11.8 Å². The van der Waals surface area contributed by atoms with Crippen LogP contribution in [0.5, 0.6) is 0 Å². The molecule has 4 aliphatic carbocycles. The number of carbonyl (C=O) groups is 2. The molecule has 9 atom stereocenters. The summed E-state index contributed by atoms with van der Waals surface area (Å²) in [6.45, 7) is 18.8. The van der Waals surface area contributed by atoms with E-state index in [4.69, 9.17) is 9.47 Å². The molecule has 1 unspecified atom stereocenters. The van der Waals surface area contributed by atoms with Gasteiger partial charge in [0.1, 0.15) is 0 Å². The van der Waals surface area contributed by atoms with Gasteiger partial charge < -0.3 is 9.47 Å². The first-order chi connectivity index (χ1) is 17.1. The van der Waals surface area contributed by atoms with Gasteiger partial charge in [-0.2, -0.15) is 0 Å². The number of ether oxygens (including phenoxy) is 2. The Morgan fingerprint density at radius 3 is 2.24 bits per heavy atom. The SMILES string of the molecule is COC(=O)[C@@]1(C)CC[C@]2(C)CC[C@]3(C)C(=CC(=O)[C@H](C)[C@@]3(C)CCC3[C@H](C)CC[C@H](OC)C3(C)C)[C@@H]2C1. The van der Waals surface area contributed by atoms with Crippen molar-refractivity contribution in [3.63, 3.8) is 0 Å². The first kappa shape index (κ1) is 28.8. The second-order valence-electron chi connectivity index (χ2n) is 15.2. The van der Waals surface area contributed by atoms with E-state index in [1.54, 1.807) is 0 Å². The molecule has 0 aromatic heterocycles. The molecular weight excluding hydrogens is 460 g/mol. The average Bonchev–Trinajstić information content (AvgIpc) is 2.84. The Kier molecular flexibility index (Phi) is 7.40. The molecule has 3 saturated carbocycles. The third-order valence-electron chi connectivity index (χ3n) is 13.2. The molecule has 4 aliphatic rings. The zero-order valence-corrected chi connectivity index (χ0v) is 25.5. The summed E-state index contributed by atoms with van der Waals surface area (Å²) >= 11 is 0. The molecule has 4 rings (SSSR count). The maximum absolute atomic E-state index is 13.7. The van der Waals surface area contributed by atoms with Gasteiger partial charge >= 0.3 is 5.97 Å². The quantitative estimate of drug-likeness (QED) is 0.351. The van der Waals surface area contributed by atoms with Crippen LogP contribution in [0.15, 0.2) is 11.6 Å². The van der Waals surface area contributed by atoms with Crippen LogP contribution in [0.2, 0.25) is 0 Å². The summed E-state index contributed by atoms with van der Waals surface area (Å²) < 4.78 is 11.2. The number of esters is 1. The molecule has 0 bridgehead atoms. The molecule has 0 radical (unpaired) electrons. The summed E-state index contributed by atoms with van der Waals surface area (Å²) in [6.07, 6.45) is 11.8. The molecule has 0 aromatic rings. The van der Waals surface area contributed by atoms with Gasteiger partial charge in [0.2, 0.25) is 0 Å². The van der Waals surface area contributed by atoms with Gasteiger partial charge in [0, 0.05) is 13.0 Å². The van der Waals surface area contributed by atoms with Gasteiger partial charge in [0.25, 0.3) is 0 Å². The Bertz CT molecular complexity index is 950. The van der Waals surface area contributed by atoms with E-state index in [0.29, 0.717) is 17.9 Å². The van der Waals surface area contributed by atoms with Crippen LogP contribution in [0.4, 0.5) is 0 Å². The topological polar surface area (TPSA) is 52.6 Å². The summed E-state index contributed by atoms with van der Waals surface area (Å²) in [6, 6.07) is 0. The Hall–Kier alpha value is -1.16. The minimum Gasteiger partial charge on any atom is -0.469 e. The Balaban J connectivity index is 1.68. The van der Waals surface area contributed by atoms with Crippen LogP contribution in [0.3, 0.4) is 0 Å². The number of allylic oxidation sites excluding steroid dienone is 2. The lowest BCUT2D eigenvalue weighted by atomic mass is 9.40. The second-order valence-corrected chi connectivity index (χ2v) is 15.2. The average molecular weight is 515 g/mol. The fraction of sp³-hybridized carbons (Fsp3) is 0.879. The highest BCUT2D eigenvalue weighted by atomic mass is 16.5. The molecule has 0 spiro atoms. The molecule has 0 amide bonds. The highest BCUT2D eigenvalue weighted by Crippen LogP contribution is 2.69. The van der Waals surface area contributed by atoms with Crippen LogP contribution in [0.25, 0.3) is 0 Å². The van der Waals surface area contributed by atoms with Gasteiger partial charge in [-0.05, 0) is 110 Å². The zero-order valence-electron chi connectivity index (χ0n) is 25.5. The monoisotopic (exact) mass is 514 g/mol. The van der Waals surface area contributed by atoms with Gasteiger partial charge in [-0.25, -0.2) is 0 Å². The zero-order chi connectivity index (χ0) is 27.6. The molecule has 0 N–H and O–H groups in total. The third kappa shape index (κ3) is 4.27. The van der Waals surface area contributed by atoms with Crippen molar-refractivity contribution in [2.24, 2.45) is 50.7 Å². The molecule has 210 valence electrons. The molecule has 0 aliphatic heterocycles. The van der Waals surface area contributed by atoms with Crippen LogP contribution < -0.4 is 0 Å². The molecule has 4 nitrogen and oxygen atoms in total. The maximum atomic E-state index is 13.7. The highest BCUT2D eigenvalue weighted by Gasteiger charge is 2.62. The molecule has 0 heterocycles. The predicted octanol–water partition coefficient (Wildman–Crippen LogP) is 7.79. The van der Waals surface area contributed by atoms with Crippen LogP contribution in [-0.4, -0.2) is 32.1 Å². The van der Waals surface area contributed by atoms with Crippen molar-refractivity contribution < 1.29 is 19.1 Å². The van der Waals surface area contributed by atoms with E-state index in [1.807, 2.05) is 13.2 Å². The molecular formula is C33H54O4. The van der Waals surface area contributed by atoms with E-state index in [0.717, 1.165) is 51.4 Å². The highest BCUT2D eigenvalue weighted by molar-refractivity contribution is 5.94. The van der Waals surface area contributed by atoms with Crippen molar-refractivity contribution in [1.29, 1.82) is 0 Å². The first-order valence-corrected chi connectivity index (χ1v) is 15.0. The molecule has 37 heavy (non-hydrogen) atoms. The minimum atomic E-state index is -0.475. The van der Waals surface area contributed by atoms with E-state index in [9.17, 15) is 9.59 Å². The predicted molar refractivity (Wildman–Crippen MR) is 149 cm³/mol. The largest absolute Gasteiger partial charge is 0.469 e. The molecule has 3 fully saturated rings. The molecule has 0 saturated heterocycles. The van der Waals surface area contributed by atoms with Crippen molar-refractivity contribution in [1.82, 2.24) is 0 Å². The Morgan fingerprint density at radius 1 is 0.973 bits per heavy atom. The standard InChI is InChI=1S/C33H54O4/c1-21-11-12-27(36-9)29(3,4)23(21)13-14-32(7)22(2)26(34)19-24-25-20-31(6,28(35)37-10)16-15-30(25,5)17-18-33(24,32)8/h19,21-23,25,27H,11-18,20H2,1-10H3/t21-,22+,23?,25+,27+,30-,31+,32-,33-/m1/s1. The lowest BCUT2D eigenvalue weighted by Crippen LogP contribution is -2.57. The van der Waals surface area contributed by atoms with E-state index in [2.05, 4.69) is 55.4 Å². The number of hydrogen-bond acceptors (Lipinski definition) is 4. The van der Waals surface area contributed by atoms with E-state index in [1.165, 1.54) is 19.1 Å². The van der Waals surface area contributed by atoms with Crippen LogP contribution in [0, 0.1) is 50.7 Å². The van der Waals surface area contributed by atoms with Gasteiger partial charge in [-0.15, -0.1) is 0 Å². The smallest absolute Gasteiger partial charge is 0.311 e. The van der Waals surface area contributed by atoms with E-state index in [-0.39, 0.29) is 45.2 Å². The summed E-state index contributed by atoms with van der Waals surface area (Å²) in [5.74, 6) is 1.69. The molecule has 0 aromatic carbocycles. The van der Waals surface area contributed by atoms with Crippen molar-refractivity contribution in [3.05, 3.63) is 11.6 Å². The maximum Gasteiger partial charge on any atom is 0.311 e. The Labute approximate surface area is 226 Å². The summed E-state index contributed by atoms with van der Waals surface area (Å²) in [5, 5.41) is 0. The number of fused-ring (bicyclic) bond motifs is 3. The van der Waals surface area contributed by atoms with Crippen LogP contribution >= 0.6 is 0 Å². The number of ketones is 1. The van der Waals surface area contributed by atoms with Crippen LogP contribution in [-0.2, 0) is 19.1 Å². The fourth-order valence-corrected chi connectivity index (χ4v) is 9.75. The number of methoxy groups -OCH3 is 2. The number of hydrogen-bond donors (Lipinski definition) is 0. The first-order valence-electron chi connectivity index (χ1n) is 15.0. The second kappa shape index (κ2) is 9.49. The Morgan fingerprint density at radius 2 is 1.62 bits per heavy atom. The normalized spacial score (nSPS) is 47.5. The van der Waals surface area contributed by atoms with Gasteiger partial charge in [-0.1, -0.05) is 54.0 Å². The van der Waals surface area contributed by atoms with Crippen LogP contribution in [0.1, 0.15) is 113 Å². The minimum absolute atomic E-state index is 0.00131. The van der Waals surface area contributed by atoms with Crippen molar-refractivity contribution in [3.8, 4) is 0 Å². The summed E-state index contributed by atoms with van der Waals surface area (Å²) in [4.78, 5) is 26.5. The fourth-order valence-electron chi connectivity index (χ4n) is 9.75. The summed E-state index contributed by atoms with van der Waals surface area (Å²) in [7, 11) is 3.38. The van der Waals surface area contributed by atoms with E-state index >= 15 is 0 Å². The third-order valence-corrected chi connectivity index (χ3v) is 13.2. The summed E-state index contributed by atoms with van der Waals surface area (Å²) in [5.41, 5.74) is 0.990.